The number of esters is 1. The minimum absolute atomic E-state index is 0.0199. The van der Waals surface area contributed by atoms with Crippen LogP contribution in [0.25, 0.3) is 10.9 Å². The number of rotatable bonds is 7. The van der Waals surface area contributed by atoms with Crippen LogP contribution in [-0.4, -0.2) is 49.4 Å². The molecule has 0 aliphatic carbocycles. The van der Waals surface area contributed by atoms with E-state index in [1.807, 2.05) is 0 Å². The minimum atomic E-state index is -4.03. The molecule has 0 amide bonds. The fourth-order valence-corrected chi connectivity index (χ4v) is 3.82. The van der Waals surface area contributed by atoms with Crippen molar-refractivity contribution in [2.45, 2.75) is 4.90 Å². The van der Waals surface area contributed by atoms with Gasteiger partial charge in [-0.1, -0.05) is 11.6 Å². The van der Waals surface area contributed by atoms with Gasteiger partial charge in [0.05, 0.1) is 22.5 Å². The van der Waals surface area contributed by atoms with Gasteiger partial charge in [0.2, 0.25) is 0 Å². The van der Waals surface area contributed by atoms with Gasteiger partial charge < -0.3 is 14.6 Å². The number of fused-ring (bicyclic) bond motifs is 1. The standard InChI is InChI=1S/C17H14ClN3O7S/c1-27-17(24)16-11-6-9(2-4-13(11)19-20-16)21-29(25,26)10-3-5-14(12(18)7-10)28-8-15(22)23/h2-7,21H,8H2,1H3,(H,19,20)(H,22,23). The second kappa shape index (κ2) is 7.97. The molecular weight excluding hydrogens is 426 g/mol. The predicted octanol–water partition coefficient (Wildman–Crippen LogP) is 2.27. The predicted molar refractivity (Wildman–Crippen MR) is 103 cm³/mol. The smallest absolute Gasteiger partial charge is 0.359 e. The van der Waals surface area contributed by atoms with Crippen LogP contribution in [0.5, 0.6) is 5.75 Å². The number of carbonyl (C=O) groups excluding carboxylic acids is 1. The first kappa shape index (κ1) is 20.4. The van der Waals surface area contributed by atoms with Gasteiger partial charge in [0.25, 0.3) is 10.0 Å². The Kier molecular flexibility index (Phi) is 5.62. The molecule has 3 rings (SSSR count). The van der Waals surface area contributed by atoms with E-state index in [1.54, 1.807) is 6.07 Å². The van der Waals surface area contributed by atoms with Crippen molar-refractivity contribution in [3.05, 3.63) is 47.1 Å². The molecule has 0 saturated carbocycles. The summed E-state index contributed by atoms with van der Waals surface area (Å²) in [6.45, 7) is -0.614. The molecule has 0 aliphatic rings. The maximum Gasteiger partial charge on any atom is 0.359 e. The lowest BCUT2D eigenvalue weighted by Gasteiger charge is -2.11. The first-order valence-electron chi connectivity index (χ1n) is 7.94. The van der Waals surface area contributed by atoms with Crippen LogP contribution >= 0.6 is 11.6 Å². The van der Waals surface area contributed by atoms with Crippen LogP contribution in [0.2, 0.25) is 5.02 Å². The van der Waals surface area contributed by atoms with Gasteiger partial charge in [0, 0.05) is 11.1 Å². The highest BCUT2D eigenvalue weighted by Gasteiger charge is 2.19. The molecule has 2 aromatic carbocycles. The molecule has 29 heavy (non-hydrogen) atoms. The number of H-pyrrole nitrogens is 1. The number of carboxylic acid groups (broad SMARTS) is 1. The summed E-state index contributed by atoms with van der Waals surface area (Å²) in [4.78, 5) is 22.2. The molecule has 3 N–H and O–H groups in total. The Morgan fingerprint density at radius 1 is 1.24 bits per heavy atom. The molecule has 1 heterocycles. The number of carboxylic acids is 1. The number of aromatic nitrogens is 2. The Hall–Kier alpha value is -3.31. The number of aliphatic carboxylic acids is 1. The molecule has 12 heteroatoms. The Balaban J connectivity index is 1.88. The molecule has 0 fully saturated rings. The molecule has 0 spiro atoms. The van der Waals surface area contributed by atoms with E-state index in [1.165, 1.54) is 31.4 Å². The lowest BCUT2D eigenvalue weighted by molar-refractivity contribution is -0.139. The number of benzene rings is 2. The van der Waals surface area contributed by atoms with E-state index < -0.39 is 28.6 Å². The summed E-state index contributed by atoms with van der Waals surface area (Å²) < 4.78 is 37.3. The summed E-state index contributed by atoms with van der Waals surface area (Å²) in [7, 11) is -2.82. The molecule has 0 atom stereocenters. The van der Waals surface area contributed by atoms with Gasteiger partial charge in [-0.05, 0) is 36.4 Å². The first-order chi connectivity index (χ1) is 13.7. The average Bonchev–Trinajstić information content (AvgIpc) is 3.09. The number of ether oxygens (including phenoxy) is 2. The van der Waals surface area contributed by atoms with Crippen molar-refractivity contribution in [3.63, 3.8) is 0 Å². The molecule has 0 unspecified atom stereocenters. The second-order valence-electron chi connectivity index (χ2n) is 5.70. The van der Waals surface area contributed by atoms with E-state index in [-0.39, 0.29) is 27.0 Å². The zero-order valence-electron chi connectivity index (χ0n) is 14.8. The number of anilines is 1. The summed E-state index contributed by atoms with van der Waals surface area (Å²) in [5, 5.41) is 15.5. The molecule has 1 aromatic heterocycles. The lowest BCUT2D eigenvalue weighted by atomic mass is 10.2. The first-order valence-corrected chi connectivity index (χ1v) is 9.81. The molecule has 0 radical (unpaired) electrons. The Labute approximate surface area is 169 Å². The topological polar surface area (TPSA) is 148 Å². The third kappa shape index (κ3) is 4.41. The Bertz CT molecular complexity index is 1210. The van der Waals surface area contributed by atoms with Crippen molar-refractivity contribution in [1.82, 2.24) is 10.2 Å². The quantitative estimate of drug-likeness (QED) is 0.475. The second-order valence-corrected chi connectivity index (χ2v) is 7.79. The van der Waals surface area contributed by atoms with Gasteiger partial charge in [0.1, 0.15) is 5.75 Å². The largest absolute Gasteiger partial charge is 0.480 e. The van der Waals surface area contributed by atoms with Crippen LogP contribution in [0, 0.1) is 0 Å². The number of methoxy groups -OCH3 is 1. The molecular formula is C17H14ClN3O7S. The monoisotopic (exact) mass is 439 g/mol. The number of nitrogens with zero attached hydrogens (tertiary/aromatic N) is 1. The van der Waals surface area contributed by atoms with Gasteiger partial charge in [-0.3, -0.25) is 9.82 Å². The summed E-state index contributed by atoms with van der Waals surface area (Å²) in [6, 6.07) is 8.11. The molecule has 0 aliphatic heterocycles. The number of aromatic amines is 1. The van der Waals surface area contributed by atoms with E-state index >= 15 is 0 Å². The van der Waals surface area contributed by atoms with Crippen molar-refractivity contribution in [2.75, 3.05) is 18.4 Å². The fourth-order valence-electron chi connectivity index (χ4n) is 2.45. The zero-order chi connectivity index (χ0) is 21.2. The fraction of sp³-hybridized carbons (Fsp3) is 0.118. The maximum atomic E-state index is 12.7. The zero-order valence-corrected chi connectivity index (χ0v) is 16.4. The molecule has 10 nitrogen and oxygen atoms in total. The summed E-state index contributed by atoms with van der Waals surface area (Å²) >= 11 is 5.98. The molecule has 0 saturated heterocycles. The van der Waals surface area contributed by atoms with Crippen LogP contribution < -0.4 is 9.46 Å². The van der Waals surface area contributed by atoms with Crippen LogP contribution in [0.15, 0.2) is 41.3 Å². The molecule has 3 aromatic rings. The number of sulfonamides is 1. The molecule has 0 bridgehead atoms. The van der Waals surface area contributed by atoms with E-state index in [0.29, 0.717) is 10.9 Å². The Morgan fingerprint density at radius 2 is 2.00 bits per heavy atom. The minimum Gasteiger partial charge on any atom is -0.480 e. The third-order valence-corrected chi connectivity index (χ3v) is 5.43. The number of halogens is 1. The van der Waals surface area contributed by atoms with Crippen molar-refractivity contribution in [1.29, 1.82) is 0 Å². The SMILES string of the molecule is COC(=O)c1n[nH]c2ccc(NS(=O)(=O)c3ccc(OCC(=O)O)c(Cl)c3)cc12. The van der Waals surface area contributed by atoms with Gasteiger partial charge >= 0.3 is 11.9 Å². The van der Waals surface area contributed by atoms with Gasteiger partial charge in [-0.2, -0.15) is 5.10 Å². The average molecular weight is 440 g/mol. The van der Waals surface area contributed by atoms with Gasteiger partial charge in [-0.15, -0.1) is 0 Å². The van der Waals surface area contributed by atoms with E-state index in [2.05, 4.69) is 19.7 Å². The highest BCUT2D eigenvalue weighted by atomic mass is 35.5. The van der Waals surface area contributed by atoms with E-state index in [9.17, 15) is 18.0 Å². The van der Waals surface area contributed by atoms with Crippen molar-refractivity contribution in [2.24, 2.45) is 0 Å². The number of hydrogen-bond donors (Lipinski definition) is 3. The van der Waals surface area contributed by atoms with Crippen LogP contribution in [0.3, 0.4) is 0 Å². The summed E-state index contributed by atoms with van der Waals surface area (Å²) in [6.07, 6.45) is 0. The number of carbonyl (C=O) groups is 2. The normalized spacial score (nSPS) is 11.2. The van der Waals surface area contributed by atoms with Crippen LogP contribution in [0.1, 0.15) is 10.5 Å². The summed E-state index contributed by atoms with van der Waals surface area (Å²) in [5.41, 5.74) is 0.731. The third-order valence-electron chi connectivity index (χ3n) is 3.76. The number of hydrogen-bond acceptors (Lipinski definition) is 7. The van der Waals surface area contributed by atoms with Crippen molar-refractivity contribution >= 4 is 50.2 Å². The summed E-state index contributed by atoms with van der Waals surface area (Å²) in [5.74, 6) is -1.82. The number of nitrogens with one attached hydrogen (secondary N) is 2. The highest BCUT2D eigenvalue weighted by molar-refractivity contribution is 7.92. The van der Waals surface area contributed by atoms with Crippen LogP contribution in [0.4, 0.5) is 5.69 Å². The molecule has 152 valence electrons. The maximum absolute atomic E-state index is 12.7. The van der Waals surface area contributed by atoms with Crippen molar-refractivity contribution < 1.29 is 32.6 Å². The van der Waals surface area contributed by atoms with E-state index in [4.69, 9.17) is 21.4 Å². The Morgan fingerprint density at radius 3 is 2.66 bits per heavy atom. The van der Waals surface area contributed by atoms with Crippen molar-refractivity contribution in [3.8, 4) is 5.75 Å². The van der Waals surface area contributed by atoms with Gasteiger partial charge in [0.15, 0.2) is 12.3 Å². The lowest BCUT2D eigenvalue weighted by Crippen LogP contribution is -2.13. The van der Waals surface area contributed by atoms with E-state index in [0.717, 1.165) is 6.07 Å². The highest BCUT2D eigenvalue weighted by Crippen LogP contribution is 2.29. The van der Waals surface area contributed by atoms with Gasteiger partial charge in [-0.25, -0.2) is 18.0 Å². The van der Waals surface area contributed by atoms with Crippen LogP contribution in [-0.2, 0) is 19.6 Å².